The molecular weight excluding hydrogens is 464 g/mol. The molecule has 3 aromatic carbocycles. The molecule has 0 aliphatic rings. The van der Waals surface area contributed by atoms with Gasteiger partial charge in [0, 0.05) is 17.8 Å². The molecule has 1 heterocycles. The van der Waals surface area contributed by atoms with Crippen LogP contribution in [0.2, 0.25) is 0 Å². The molecule has 35 heavy (non-hydrogen) atoms. The minimum Gasteiger partial charge on any atom is -0.497 e. The largest absolute Gasteiger partial charge is 0.497 e. The van der Waals surface area contributed by atoms with Crippen LogP contribution in [0.1, 0.15) is 41.6 Å². The van der Waals surface area contributed by atoms with E-state index in [1.54, 1.807) is 37.3 Å². The van der Waals surface area contributed by atoms with Crippen LogP contribution in [0.4, 0.5) is 5.69 Å². The van der Waals surface area contributed by atoms with E-state index in [0.29, 0.717) is 23.5 Å². The van der Waals surface area contributed by atoms with Crippen LogP contribution < -0.4 is 14.8 Å². The zero-order valence-corrected chi connectivity index (χ0v) is 20.9. The second-order valence-electron chi connectivity index (χ2n) is 8.21. The summed E-state index contributed by atoms with van der Waals surface area (Å²) in [6.07, 6.45) is 0. The number of carbonyl (C=O) groups is 1. The summed E-state index contributed by atoms with van der Waals surface area (Å²) in [4.78, 5) is 17.9. The van der Waals surface area contributed by atoms with E-state index in [1.165, 1.54) is 19.2 Å². The molecule has 1 atom stereocenters. The molecule has 4 aromatic rings. The topological polar surface area (TPSA) is 102 Å². The molecule has 2 N–H and O–H groups in total. The Morgan fingerprint density at radius 2 is 1.80 bits per heavy atom. The average Bonchev–Trinajstić information content (AvgIpc) is 3.23. The standard InChI is InChI=1S/C26H28N4O4S/c1-5-30-24-9-7-6-8-23(24)28-25(30)18(3)27-26(31)22-16-21(15-10-17(22)2)35(32,33)29-19-11-13-20(34-4)14-12-19/h6-16,18,29H,5H2,1-4H3,(H,27,31). The van der Waals surface area contributed by atoms with Crippen molar-refractivity contribution < 1.29 is 17.9 Å². The number of hydrogen-bond acceptors (Lipinski definition) is 5. The molecule has 1 aromatic heterocycles. The number of para-hydroxylation sites is 2. The maximum atomic E-state index is 13.2. The lowest BCUT2D eigenvalue weighted by atomic mass is 10.1. The normalized spacial score (nSPS) is 12.3. The van der Waals surface area contributed by atoms with Crippen LogP contribution in [0.5, 0.6) is 5.75 Å². The monoisotopic (exact) mass is 492 g/mol. The molecule has 0 aliphatic heterocycles. The Morgan fingerprint density at radius 3 is 2.49 bits per heavy atom. The Balaban J connectivity index is 1.58. The number of nitrogens with zero attached hydrogens (tertiary/aromatic N) is 2. The van der Waals surface area contributed by atoms with Crippen molar-refractivity contribution in [3.8, 4) is 5.75 Å². The maximum Gasteiger partial charge on any atom is 0.261 e. The number of aryl methyl sites for hydroxylation is 2. The van der Waals surface area contributed by atoms with Crippen LogP contribution in [0.3, 0.4) is 0 Å². The van der Waals surface area contributed by atoms with Gasteiger partial charge in [-0.25, -0.2) is 13.4 Å². The van der Waals surface area contributed by atoms with Gasteiger partial charge in [-0.1, -0.05) is 18.2 Å². The van der Waals surface area contributed by atoms with Gasteiger partial charge in [0.05, 0.1) is 29.1 Å². The van der Waals surface area contributed by atoms with E-state index >= 15 is 0 Å². The first-order valence-corrected chi connectivity index (χ1v) is 12.8. The Kier molecular flexibility index (Phi) is 6.79. The molecule has 1 amide bonds. The number of imidazole rings is 1. The number of methoxy groups -OCH3 is 1. The molecule has 1 unspecified atom stereocenters. The van der Waals surface area contributed by atoms with Crippen LogP contribution in [-0.4, -0.2) is 31.0 Å². The van der Waals surface area contributed by atoms with Gasteiger partial charge in [0.25, 0.3) is 15.9 Å². The average molecular weight is 493 g/mol. The molecule has 0 spiro atoms. The molecule has 0 radical (unpaired) electrons. The van der Waals surface area contributed by atoms with E-state index in [4.69, 9.17) is 9.72 Å². The van der Waals surface area contributed by atoms with E-state index < -0.39 is 10.0 Å². The molecule has 0 saturated carbocycles. The lowest BCUT2D eigenvalue weighted by Crippen LogP contribution is -2.29. The van der Waals surface area contributed by atoms with Gasteiger partial charge in [0.2, 0.25) is 0 Å². The Morgan fingerprint density at radius 1 is 1.09 bits per heavy atom. The summed E-state index contributed by atoms with van der Waals surface area (Å²) in [5.41, 5.74) is 3.21. The fourth-order valence-corrected chi connectivity index (χ4v) is 5.07. The number of sulfonamides is 1. The van der Waals surface area contributed by atoms with Crippen LogP contribution in [0.25, 0.3) is 11.0 Å². The van der Waals surface area contributed by atoms with Gasteiger partial charge in [-0.05, 0) is 74.9 Å². The number of anilines is 1. The number of aromatic nitrogens is 2. The summed E-state index contributed by atoms with van der Waals surface area (Å²) < 4.78 is 35.7. The Labute approximate surface area is 205 Å². The van der Waals surface area contributed by atoms with E-state index in [-0.39, 0.29) is 22.4 Å². The highest BCUT2D eigenvalue weighted by Gasteiger charge is 2.22. The molecule has 0 fully saturated rings. The van der Waals surface area contributed by atoms with Gasteiger partial charge < -0.3 is 14.6 Å². The fourth-order valence-electron chi connectivity index (χ4n) is 3.98. The van der Waals surface area contributed by atoms with E-state index in [0.717, 1.165) is 16.9 Å². The molecular formula is C26H28N4O4S. The van der Waals surface area contributed by atoms with E-state index in [2.05, 4.69) is 14.6 Å². The third-order valence-corrected chi connectivity index (χ3v) is 7.22. The summed E-state index contributed by atoms with van der Waals surface area (Å²) >= 11 is 0. The highest BCUT2D eigenvalue weighted by Crippen LogP contribution is 2.24. The first-order chi connectivity index (χ1) is 16.7. The first kappa shape index (κ1) is 24.3. The highest BCUT2D eigenvalue weighted by molar-refractivity contribution is 7.92. The van der Waals surface area contributed by atoms with Crippen LogP contribution in [0.15, 0.2) is 71.6 Å². The molecule has 0 saturated heterocycles. The quantitative estimate of drug-likeness (QED) is 0.372. The third kappa shape index (κ3) is 5.00. The SMILES string of the molecule is CCn1c(C(C)NC(=O)c2cc(S(=O)(=O)Nc3ccc(OC)cc3)ccc2C)nc2ccccc21. The van der Waals surface area contributed by atoms with Crippen molar-refractivity contribution in [2.75, 3.05) is 11.8 Å². The number of carbonyl (C=O) groups excluding carboxylic acids is 1. The third-order valence-electron chi connectivity index (χ3n) is 5.84. The van der Waals surface area contributed by atoms with Crippen molar-refractivity contribution in [1.29, 1.82) is 0 Å². The van der Waals surface area contributed by atoms with Gasteiger partial charge in [-0.2, -0.15) is 0 Å². The van der Waals surface area contributed by atoms with Crippen LogP contribution >= 0.6 is 0 Å². The van der Waals surface area contributed by atoms with Gasteiger partial charge in [0.15, 0.2) is 0 Å². The van der Waals surface area contributed by atoms with Gasteiger partial charge in [-0.3, -0.25) is 9.52 Å². The Bertz CT molecular complexity index is 1480. The number of fused-ring (bicyclic) bond motifs is 1. The number of amides is 1. The maximum absolute atomic E-state index is 13.2. The zero-order chi connectivity index (χ0) is 25.2. The number of nitrogens with one attached hydrogen (secondary N) is 2. The van der Waals surface area contributed by atoms with Crippen molar-refractivity contribution in [3.63, 3.8) is 0 Å². The second-order valence-corrected chi connectivity index (χ2v) is 9.89. The van der Waals surface area contributed by atoms with Gasteiger partial charge >= 0.3 is 0 Å². The summed E-state index contributed by atoms with van der Waals surface area (Å²) in [7, 11) is -2.36. The lowest BCUT2D eigenvalue weighted by molar-refractivity contribution is 0.0937. The summed E-state index contributed by atoms with van der Waals surface area (Å²) in [6.45, 7) is 6.38. The minimum atomic E-state index is -3.90. The zero-order valence-electron chi connectivity index (χ0n) is 20.1. The van der Waals surface area contributed by atoms with E-state index in [9.17, 15) is 13.2 Å². The summed E-state index contributed by atoms with van der Waals surface area (Å²) in [5.74, 6) is 0.990. The smallest absolute Gasteiger partial charge is 0.261 e. The molecule has 0 aliphatic carbocycles. The van der Waals surface area contributed by atoms with Gasteiger partial charge in [-0.15, -0.1) is 0 Å². The fraction of sp³-hybridized carbons (Fsp3) is 0.231. The molecule has 4 rings (SSSR count). The lowest BCUT2D eigenvalue weighted by Gasteiger charge is -2.17. The van der Waals surface area contributed by atoms with Crippen LogP contribution in [0, 0.1) is 6.92 Å². The molecule has 182 valence electrons. The molecule has 8 nitrogen and oxygen atoms in total. The second kappa shape index (κ2) is 9.79. The van der Waals surface area contributed by atoms with Crippen molar-refractivity contribution in [2.24, 2.45) is 0 Å². The first-order valence-electron chi connectivity index (χ1n) is 11.3. The van der Waals surface area contributed by atoms with Crippen LogP contribution in [-0.2, 0) is 16.6 Å². The Hall–Kier alpha value is -3.85. The minimum absolute atomic E-state index is 0.00230. The summed E-state index contributed by atoms with van der Waals surface area (Å²) in [6, 6.07) is 18.5. The predicted octanol–water partition coefficient (Wildman–Crippen LogP) is 4.67. The summed E-state index contributed by atoms with van der Waals surface area (Å²) in [5, 5.41) is 2.98. The number of benzene rings is 3. The highest BCUT2D eigenvalue weighted by atomic mass is 32.2. The molecule has 0 bridgehead atoms. The van der Waals surface area contributed by atoms with Crippen molar-refractivity contribution >= 4 is 32.7 Å². The van der Waals surface area contributed by atoms with Crippen molar-refractivity contribution in [1.82, 2.24) is 14.9 Å². The van der Waals surface area contributed by atoms with Gasteiger partial charge in [0.1, 0.15) is 11.6 Å². The predicted molar refractivity (Wildman–Crippen MR) is 136 cm³/mol. The molecule has 9 heteroatoms. The number of rotatable bonds is 8. The number of hydrogen-bond donors (Lipinski definition) is 2. The number of ether oxygens (including phenoxy) is 1. The van der Waals surface area contributed by atoms with Crippen molar-refractivity contribution in [2.45, 2.75) is 38.3 Å². The van der Waals surface area contributed by atoms with Crippen molar-refractivity contribution in [3.05, 3.63) is 83.7 Å². The van der Waals surface area contributed by atoms with E-state index in [1.807, 2.05) is 38.1 Å².